The third-order valence-electron chi connectivity index (χ3n) is 3.38. The first kappa shape index (κ1) is 21.1. The fraction of sp³-hybridized carbons (Fsp3) is 0.412. The summed E-state index contributed by atoms with van der Waals surface area (Å²) in [5.74, 6) is -3.19. The Morgan fingerprint density at radius 1 is 1.12 bits per heavy atom. The molecular formula is C17H22FN3O5. The molecule has 8 nitrogen and oxygen atoms in total. The number of carbonyl (C=O) groups is 4. The SMILES string of the molecule is CCOC(=O)C[C@@H](NC(=O)[C@H](Cc1ccc(F)cc1)NC(C)=O)C(N)=O. The highest BCUT2D eigenvalue weighted by atomic mass is 19.1. The molecule has 0 radical (unpaired) electrons. The van der Waals surface area contributed by atoms with Crippen LogP contribution in [0.25, 0.3) is 0 Å². The minimum Gasteiger partial charge on any atom is -0.466 e. The van der Waals surface area contributed by atoms with Gasteiger partial charge in [-0.2, -0.15) is 0 Å². The lowest BCUT2D eigenvalue weighted by Gasteiger charge is -2.21. The first-order chi connectivity index (χ1) is 12.2. The van der Waals surface area contributed by atoms with E-state index in [0.29, 0.717) is 5.56 Å². The van der Waals surface area contributed by atoms with Gasteiger partial charge in [-0.25, -0.2) is 4.39 Å². The van der Waals surface area contributed by atoms with E-state index in [2.05, 4.69) is 10.6 Å². The monoisotopic (exact) mass is 367 g/mol. The van der Waals surface area contributed by atoms with E-state index in [9.17, 15) is 23.6 Å². The molecule has 0 saturated heterocycles. The maximum Gasteiger partial charge on any atom is 0.308 e. The van der Waals surface area contributed by atoms with Crippen molar-refractivity contribution in [1.29, 1.82) is 0 Å². The molecule has 1 aromatic rings. The molecule has 0 unspecified atom stereocenters. The van der Waals surface area contributed by atoms with Gasteiger partial charge in [-0.3, -0.25) is 19.2 Å². The quantitative estimate of drug-likeness (QED) is 0.521. The summed E-state index contributed by atoms with van der Waals surface area (Å²) in [7, 11) is 0. The molecule has 2 atom stereocenters. The second-order valence-corrected chi connectivity index (χ2v) is 5.56. The number of hydrogen-bond acceptors (Lipinski definition) is 5. The van der Waals surface area contributed by atoms with E-state index in [-0.39, 0.29) is 13.0 Å². The molecule has 0 saturated carbocycles. The van der Waals surface area contributed by atoms with Crippen molar-refractivity contribution in [1.82, 2.24) is 10.6 Å². The fourth-order valence-corrected chi connectivity index (χ4v) is 2.19. The van der Waals surface area contributed by atoms with Gasteiger partial charge in [0.05, 0.1) is 13.0 Å². The first-order valence-electron chi connectivity index (χ1n) is 7.99. The van der Waals surface area contributed by atoms with Gasteiger partial charge < -0.3 is 21.1 Å². The Morgan fingerprint density at radius 2 is 1.73 bits per heavy atom. The molecule has 142 valence electrons. The van der Waals surface area contributed by atoms with Gasteiger partial charge in [0.1, 0.15) is 17.9 Å². The van der Waals surface area contributed by atoms with Gasteiger partial charge in [-0.1, -0.05) is 12.1 Å². The summed E-state index contributed by atoms with van der Waals surface area (Å²) in [6.07, 6.45) is -0.352. The van der Waals surface area contributed by atoms with E-state index in [1.165, 1.54) is 31.2 Å². The minimum absolute atomic E-state index is 0.0661. The van der Waals surface area contributed by atoms with Gasteiger partial charge in [0.2, 0.25) is 17.7 Å². The maximum atomic E-state index is 13.0. The second kappa shape index (κ2) is 10.1. The molecule has 0 heterocycles. The van der Waals surface area contributed by atoms with Crippen LogP contribution in [0.2, 0.25) is 0 Å². The van der Waals surface area contributed by atoms with Gasteiger partial charge in [0, 0.05) is 13.3 Å². The molecule has 1 rings (SSSR count). The van der Waals surface area contributed by atoms with Gasteiger partial charge in [0.15, 0.2) is 0 Å². The molecule has 1 aromatic carbocycles. The topological polar surface area (TPSA) is 128 Å². The van der Waals surface area contributed by atoms with Crippen molar-refractivity contribution in [3.05, 3.63) is 35.6 Å². The van der Waals surface area contributed by atoms with Crippen LogP contribution in [-0.2, 0) is 30.3 Å². The first-order valence-corrected chi connectivity index (χ1v) is 7.99. The summed E-state index contributed by atoms with van der Waals surface area (Å²) in [5, 5.41) is 4.79. The van der Waals surface area contributed by atoms with E-state index in [1.54, 1.807) is 6.92 Å². The lowest BCUT2D eigenvalue weighted by Crippen LogP contribution is -2.54. The van der Waals surface area contributed by atoms with Crippen LogP contribution in [0.4, 0.5) is 4.39 Å². The fourth-order valence-electron chi connectivity index (χ4n) is 2.19. The van der Waals surface area contributed by atoms with Crippen LogP contribution >= 0.6 is 0 Å². The van der Waals surface area contributed by atoms with Crippen molar-refractivity contribution in [2.24, 2.45) is 5.73 Å². The molecule has 26 heavy (non-hydrogen) atoms. The molecule has 0 aromatic heterocycles. The summed E-state index contributed by atoms with van der Waals surface area (Å²) < 4.78 is 17.7. The van der Waals surface area contributed by atoms with Gasteiger partial charge in [-0.05, 0) is 24.6 Å². The zero-order valence-corrected chi connectivity index (χ0v) is 14.6. The van der Waals surface area contributed by atoms with E-state index in [0.717, 1.165) is 0 Å². The lowest BCUT2D eigenvalue weighted by molar-refractivity contribution is -0.145. The average Bonchev–Trinajstić information content (AvgIpc) is 2.55. The Bertz CT molecular complexity index is 663. The predicted molar refractivity (Wildman–Crippen MR) is 90.1 cm³/mol. The zero-order valence-electron chi connectivity index (χ0n) is 14.6. The third kappa shape index (κ3) is 7.29. The van der Waals surface area contributed by atoms with Crippen molar-refractivity contribution in [3.8, 4) is 0 Å². The van der Waals surface area contributed by atoms with Crippen molar-refractivity contribution in [2.45, 2.75) is 38.8 Å². The van der Waals surface area contributed by atoms with Crippen LogP contribution in [0.1, 0.15) is 25.8 Å². The maximum absolute atomic E-state index is 13.0. The zero-order chi connectivity index (χ0) is 19.7. The summed E-state index contributed by atoms with van der Waals surface area (Å²) >= 11 is 0. The Labute approximate surface area is 150 Å². The molecule has 0 aliphatic heterocycles. The number of benzene rings is 1. The van der Waals surface area contributed by atoms with Gasteiger partial charge in [-0.15, -0.1) is 0 Å². The summed E-state index contributed by atoms with van der Waals surface area (Å²) in [6, 6.07) is 3.10. The molecule has 0 spiro atoms. The molecular weight excluding hydrogens is 345 g/mol. The predicted octanol–water partition coefficient (Wildman–Crippen LogP) is -0.204. The molecule has 0 fully saturated rings. The van der Waals surface area contributed by atoms with Crippen LogP contribution < -0.4 is 16.4 Å². The van der Waals surface area contributed by atoms with Crippen LogP contribution in [0, 0.1) is 5.82 Å². The number of rotatable bonds is 9. The number of carbonyl (C=O) groups excluding carboxylic acids is 4. The van der Waals surface area contributed by atoms with E-state index in [4.69, 9.17) is 10.5 Å². The number of nitrogens with one attached hydrogen (secondary N) is 2. The Morgan fingerprint density at radius 3 is 2.23 bits per heavy atom. The summed E-state index contributed by atoms with van der Waals surface area (Å²) in [5.41, 5.74) is 5.81. The number of primary amides is 1. The molecule has 3 amide bonds. The van der Waals surface area contributed by atoms with E-state index < -0.39 is 48.0 Å². The van der Waals surface area contributed by atoms with Crippen LogP contribution in [-0.4, -0.2) is 42.4 Å². The highest BCUT2D eigenvalue weighted by molar-refractivity contribution is 5.93. The molecule has 4 N–H and O–H groups in total. The number of ether oxygens (including phenoxy) is 1. The van der Waals surface area contributed by atoms with Gasteiger partial charge >= 0.3 is 5.97 Å². The Hall–Kier alpha value is -2.97. The Kier molecular flexibility index (Phi) is 8.20. The molecule has 9 heteroatoms. The number of halogens is 1. The molecule has 0 aliphatic carbocycles. The van der Waals surface area contributed by atoms with Crippen LogP contribution in [0.5, 0.6) is 0 Å². The number of hydrogen-bond donors (Lipinski definition) is 3. The van der Waals surface area contributed by atoms with Crippen molar-refractivity contribution in [3.63, 3.8) is 0 Å². The van der Waals surface area contributed by atoms with Crippen LogP contribution in [0.3, 0.4) is 0 Å². The van der Waals surface area contributed by atoms with Gasteiger partial charge in [0.25, 0.3) is 0 Å². The average molecular weight is 367 g/mol. The second-order valence-electron chi connectivity index (χ2n) is 5.56. The Balaban J connectivity index is 2.85. The van der Waals surface area contributed by atoms with Crippen LogP contribution in [0.15, 0.2) is 24.3 Å². The largest absolute Gasteiger partial charge is 0.466 e. The third-order valence-corrected chi connectivity index (χ3v) is 3.38. The van der Waals surface area contributed by atoms with E-state index >= 15 is 0 Å². The summed E-state index contributed by atoms with van der Waals surface area (Å²) in [6.45, 7) is 2.96. The standard InChI is InChI=1S/C17H22FN3O5/c1-3-26-15(23)9-13(16(19)24)21-17(25)14(20-10(2)22)8-11-4-6-12(18)7-5-11/h4-7,13-14H,3,8-9H2,1-2H3,(H2,19,24)(H,20,22)(H,21,25)/t13-,14+/m1/s1. The highest BCUT2D eigenvalue weighted by Gasteiger charge is 2.27. The summed E-state index contributed by atoms with van der Waals surface area (Å²) in [4.78, 5) is 46.8. The minimum atomic E-state index is -1.27. The van der Waals surface area contributed by atoms with Crippen molar-refractivity contribution >= 4 is 23.7 Å². The van der Waals surface area contributed by atoms with Crippen molar-refractivity contribution < 1.29 is 28.3 Å². The molecule has 0 bridgehead atoms. The number of nitrogens with two attached hydrogens (primary N) is 1. The highest BCUT2D eigenvalue weighted by Crippen LogP contribution is 2.07. The molecule has 0 aliphatic rings. The van der Waals surface area contributed by atoms with E-state index in [1.807, 2.05) is 0 Å². The number of esters is 1. The smallest absolute Gasteiger partial charge is 0.308 e. The lowest BCUT2D eigenvalue weighted by atomic mass is 10.0. The normalized spacial score (nSPS) is 12.6. The van der Waals surface area contributed by atoms with Crippen molar-refractivity contribution in [2.75, 3.05) is 6.61 Å². The number of amides is 3.